The SMILES string of the molecule is Cc1ccccc1-c1nc(-c2ccc3c(c2)oc(=O)n3C)no1. The highest BCUT2D eigenvalue weighted by atomic mass is 16.5. The van der Waals surface area contributed by atoms with Gasteiger partial charge in [-0.1, -0.05) is 23.4 Å². The lowest BCUT2D eigenvalue weighted by Gasteiger charge is -1.98. The van der Waals surface area contributed by atoms with Gasteiger partial charge in [0.05, 0.1) is 5.52 Å². The smallest absolute Gasteiger partial charge is 0.408 e. The van der Waals surface area contributed by atoms with Gasteiger partial charge in [-0.2, -0.15) is 4.98 Å². The van der Waals surface area contributed by atoms with Crippen LogP contribution in [0.15, 0.2) is 56.2 Å². The predicted octanol–water partition coefficient (Wildman–Crippen LogP) is 3.16. The van der Waals surface area contributed by atoms with Gasteiger partial charge in [-0.05, 0) is 36.8 Å². The van der Waals surface area contributed by atoms with Gasteiger partial charge >= 0.3 is 5.76 Å². The minimum Gasteiger partial charge on any atom is -0.408 e. The molecule has 4 rings (SSSR count). The van der Waals surface area contributed by atoms with Crippen LogP contribution in [0.1, 0.15) is 5.56 Å². The van der Waals surface area contributed by atoms with Gasteiger partial charge in [0.2, 0.25) is 5.82 Å². The highest BCUT2D eigenvalue weighted by Crippen LogP contribution is 2.26. The summed E-state index contributed by atoms with van der Waals surface area (Å²) in [6.07, 6.45) is 0. The first-order valence-electron chi connectivity index (χ1n) is 7.13. The van der Waals surface area contributed by atoms with E-state index < -0.39 is 5.76 Å². The molecule has 0 amide bonds. The molecular formula is C17H13N3O3. The normalized spacial score (nSPS) is 11.2. The molecule has 0 aliphatic carbocycles. The summed E-state index contributed by atoms with van der Waals surface area (Å²) < 4.78 is 12.0. The maximum absolute atomic E-state index is 11.6. The molecule has 0 saturated heterocycles. The van der Waals surface area contributed by atoms with Crippen molar-refractivity contribution in [3.63, 3.8) is 0 Å². The average molecular weight is 307 g/mol. The monoisotopic (exact) mass is 307 g/mol. The predicted molar refractivity (Wildman–Crippen MR) is 84.9 cm³/mol. The Bertz CT molecular complexity index is 1070. The van der Waals surface area contributed by atoms with E-state index in [1.165, 1.54) is 4.57 Å². The number of aromatic nitrogens is 3. The maximum Gasteiger partial charge on any atom is 0.419 e. The second-order valence-electron chi connectivity index (χ2n) is 5.35. The zero-order valence-electron chi connectivity index (χ0n) is 12.6. The Morgan fingerprint density at radius 2 is 1.96 bits per heavy atom. The van der Waals surface area contributed by atoms with Crippen molar-refractivity contribution < 1.29 is 8.94 Å². The van der Waals surface area contributed by atoms with E-state index in [0.29, 0.717) is 17.3 Å². The highest BCUT2D eigenvalue weighted by Gasteiger charge is 2.14. The van der Waals surface area contributed by atoms with Crippen LogP contribution < -0.4 is 5.76 Å². The van der Waals surface area contributed by atoms with Crippen molar-refractivity contribution in [1.82, 2.24) is 14.7 Å². The standard InChI is InChI=1S/C17H13N3O3/c1-10-5-3-4-6-12(10)16-18-15(19-23-16)11-7-8-13-14(9-11)22-17(21)20(13)2/h3-9H,1-2H3. The van der Waals surface area contributed by atoms with E-state index in [9.17, 15) is 4.79 Å². The van der Waals surface area contributed by atoms with Gasteiger partial charge in [0.1, 0.15) is 0 Å². The molecule has 0 aliphatic heterocycles. The Hall–Kier alpha value is -3.15. The molecule has 2 heterocycles. The zero-order chi connectivity index (χ0) is 16.0. The van der Waals surface area contributed by atoms with Gasteiger partial charge in [-0.25, -0.2) is 4.79 Å². The summed E-state index contributed by atoms with van der Waals surface area (Å²) in [5.74, 6) is 0.523. The fourth-order valence-electron chi connectivity index (χ4n) is 2.54. The van der Waals surface area contributed by atoms with E-state index in [1.807, 2.05) is 37.3 Å². The largest absolute Gasteiger partial charge is 0.419 e. The van der Waals surface area contributed by atoms with Crippen LogP contribution in [-0.2, 0) is 7.05 Å². The quantitative estimate of drug-likeness (QED) is 0.568. The zero-order valence-corrected chi connectivity index (χ0v) is 12.6. The van der Waals surface area contributed by atoms with Gasteiger partial charge in [-0.3, -0.25) is 4.57 Å². The molecule has 0 fully saturated rings. The summed E-state index contributed by atoms with van der Waals surface area (Å²) in [7, 11) is 1.67. The van der Waals surface area contributed by atoms with E-state index in [0.717, 1.165) is 22.2 Å². The molecule has 0 atom stereocenters. The lowest BCUT2D eigenvalue weighted by Crippen LogP contribution is -2.08. The molecule has 0 saturated carbocycles. The lowest BCUT2D eigenvalue weighted by molar-refractivity contribution is 0.432. The van der Waals surface area contributed by atoms with Crippen LogP contribution in [0.5, 0.6) is 0 Å². The first kappa shape index (κ1) is 13.5. The van der Waals surface area contributed by atoms with Crippen molar-refractivity contribution in [1.29, 1.82) is 0 Å². The van der Waals surface area contributed by atoms with E-state index in [1.54, 1.807) is 19.2 Å². The van der Waals surface area contributed by atoms with Crippen LogP contribution in [0.3, 0.4) is 0 Å². The lowest BCUT2D eigenvalue weighted by atomic mass is 10.1. The molecule has 6 heteroatoms. The third-order valence-corrected chi connectivity index (χ3v) is 3.85. The average Bonchev–Trinajstić information content (AvgIpc) is 3.14. The molecule has 23 heavy (non-hydrogen) atoms. The van der Waals surface area contributed by atoms with Crippen LogP contribution in [0.25, 0.3) is 33.9 Å². The van der Waals surface area contributed by atoms with Crippen molar-refractivity contribution in [3.05, 3.63) is 58.6 Å². The van der Waals surface area contributed by atoms with Crippen molar-refractivity contribution in [2.45, 2.75) is 6.92 Å². The number of rotatable bonds is 2. The summed E-state index contributed by atoms with van der Waals surface area (Å²) in [4.78, 5) is 16.0. The second kappa shape index (κ2) is 4.95. The number of fused-ring (bicyclic) bond motifs is 1. The van der Waals surface area contributed by atoms with Crippen molar-refractivity contribution in [2.75, 3.05) is 0 Å². The van der Waals surface area contributed by atoms with Crippen molar-refractivity contribution in [2.24, 2.45) is 7.05 Å². The molecule has 0 unspecified atom stereocenters. The summed E-state index contributed by atoms with van der Waals surface area (Å²) in [6, 6.07) is 13.2. The number of benzene rings is 2. The summed E-state index contributed by atoms with van der Waals surface area (Å²) in [5.41, 5.74) is 3.92. The molecule has 0 aliphatic rings. The van der Waals surface area contributed by atoms with Gasteiger partial charge in [0.25, 0.3) is 5.89 Å². The van der Waals surface area contributed by atoms with Gasteiger partial charge < -0.3 is 8.94 Å². The Kier molecular flexibility index (Phi) is 2.90. The number of nitrogens with zero attached hydrogens (tertiary/aromatic N) is 3. The van der Waals surface area contributed by atoms with Crippen LogP contribution in [0.4, 0.5) is 0 Å². The Balaban J connectivity index is 1.80. The van der Waals surface area contributed by atoms with Crippen LogP contribution in [-0.4, -0.2) is 14.7 Å². The fourth-order valence-corrected chi connectivity index (χ4v) is 2.54. The number of hydrogen-bond donors (Lipinski definition) is 0. The van der Waals surface area contributed by atoms with Crippen LogP contribution in [0, 0.1) is 6.92 Å². The number of aryl methyl sites for hydroxylation is 2. The fraction of sp³-hybridized carbons (Fsp3) is 0.118. The molecule has 2 aromatic heterocycles. The minimum absolute atomic E-state index is 0.397. The third kappa shape index (κ3) is 2.15. The Morgan fingerprint density at radius 1 is 1.13 bits per heavy atom. The molecule has 0 bridgehead atoms. The van der Waals surface area contributed by atoms with E-state index in [2.05, 4.69) is 10.1 Å². The number of hydrogen-bond acceptors (Lipinski definition) is 5. The van der Waals surface area contributed by atoms with E-state index >= 15 is 0 Å². The molecule has 6 nitrogen and oxygen atoms in total. The molecule has 0 radical (unpaired) electrons. The minimum atomic E-state index is -0.397. The van der Waals surface area contributed by atoms with Crippen LogP contribution >= 0.6 is 0 Å². The van der Waals surface area contributed by atoms with Gasteiger partial charge in [0.15, 0.2) is 5.58 Å². The third-order valence-electron chi connectivity index (χ3n) is 3.85. The van der Waals surface area contributed by atoms with Gasteiger partial charge in [0, 0.05) is 18.2 Å². The number of oxazole rings is 1. The Morgan fingerprint density at radius 3 is 2.78 bits per heavy atom. The van der Waals surface area contributed by atoms with E-state index in [4.69, 9.17) is 8.94 Å². The van der Waals surface area contributed by atoms with Crippen molar-refractivity contribution in [3.8, 4) is 22.8 Å². The maximum atomic E-state index is 11.6. The van der Waals surface area contributed by atoms with Crippen molar-refractivity contribution >= 4 is 11.1 Å². The molecule has 4 aromatic rings. The first-order valence-corrected chi connectivity index (χ1v) is 7.13. The summed E-state index contributed by atoms with van der Waals surface area (Å²) in [5, 5.41) is 4.03. The summed E-state index contributed by atoms with van der Waals surface area (Å²) >= 11 is 0. The van der Waals surface area contributed by atoms with E-state index in [-0.39, 0.29) is 0 Å². The molecule has 114 valence electrons. The topological polar surface area (TPSA) is 74.1 Å². The molecule has 0 spiro atoms. The highest BCUT2D eigenvalue weighted by molar-refractivity contribution is 5.79. The molecule has 0 N–H and O–H groups in total. The Labute approximate surface area is 131 Å². The first-order chi connectivity index (χ1) is 11.1. The summed E-state index contributed by atoms with van der Waals surface area (Å²) in [6.45, 7) is 1.99. The molecule has 2 aromatic carbocycles. The van der Waals surface area contributed by atoms with Crippen LogP contribution in [0.2, 0.25) is 0 Å². The molecular weight excluding hydrogens is 294 g/mol. The second-order valence-corrected chi connectivity index (χ2v) is 5.35. The van der Waals surface area contributed by atoms with Gasteiger partial charge in [-0.15, -0.1) is 0 Å².